The molecule has 142 valence electrons. The number of nitrogens with zero attached hydrogens (tertiary/aromatic N) is 3. The quantitative estimate of drug-likeness (QED) is 0.722. The molecule has 5 nitrogen and oxygen atoms in total. The summed E-state index contributed by atoms with van der Waals surface area (Å²) in [7, 11) is 0. The van der Waals surface area contributed by atoms with Crippen LogP contribution in [0.3, 0.4) is 0 Å². The summed E-state index contributed by atoms with van der Waals surface area (Å²) in [6.07, 6.45) is 2.37. The highest BCUT2D eigenvalue weighted by molar-refractivity contribution is 9.10. The molecule has 2 aromatic rings. The highest BCUT2D eigenvalue weighted by Crippen LogP contribution is 2.31. The smallest absolute Gasteiger partial charge is 0.276 e. The van der Waals surface area contributed by atoms with Gasteiger partial charge in [0.25, 0.3) is 5.91 Å². The van der Waals surface area contributed by atoms with Gasteiger partial charge >= 0.3 is 0 Å². The first-order valence-electron chi connectivity index (χ1n) is 9.00. The zero-order valence-corrected chi connectivity index (χ0v) is 17.8. The molecule has 0 saturated carbocycles. The van der Waals surface area contributed by atoms with Gasteiger partial charge in [-0.05, 0) is 35.7 Å². The Kier molecular flexibility index (Phi) is 5.37. The van der Waals surface area contributed by atoms with E-state index in [9.17, 15) is 4.79 Å². The molecule has 1 N–H and O–H groups in total. The Morgan fingerprint density at radius 1 is 1.29 bits per heavy atom. The first-order valence-corrected chi connectivity index (χ1v) is 10.8. The minimum Gasteiger partial charge on any atom is -0.298 e. The van der Waals surface area contributed by atoms with E-state index in [4.69, 9.17) is 10.1 Å². The highest BCUT2D eigenvalue weighted by atomic mass is 79.9. The summed E-state index contributed by atoms with van der Waals surface area (Å²) in [4.78, 5) is 17.9. The number of carbonyl (C=O) groups is 1. The van der Waals surface area contributed by atoms with Gasteiger partial charge in [0, 0.05) is 15.4 Å². The number of fused-ring (bicyclic) bond motifs is 2. The van der Waals surface area contributed by atoms with E-state index in [1.54, 1.807) is 11.1 Å². The molecular formula is C21H19BrN4OS. The van der Waals surface area contributed by atoms with Crippen LogP contribution in [-0.2, 0) is 11.2 Å². The average Bonchev–Trinajstić information content (AvgIpc) is 2.71. The van der Waals surface area contributed by atoms with Gasteiger partial charge in [0.15, 0.2) is 11.3 Å². The molecule has 2 aromatic carbocycles. The summed E-state index contributed by atoms with van der Waals surface area (Å²) >= 11 is 4.93. The summed E-state index contributed by atoms with van der Waals surface area (Å²) in [6, 6.07) is 14.1. The van der Waals surface area contributed by atoms with Crippen molar-refractivity contribution >= 4 is 44.5 Å². The number of thioether (sulfide) groups is 1. The summed E-state index contributed by atoms with van der Waals surface area (Å²) in [5.41, 5.74) is 2.77. The fourth-order valence-corrected chi connectivity index (χ4v) is 4.14. The Bertz CT molecular complexity index is 1090. The van der Waals surface area contributed by atoms with Gasteiger partial charge in [-0.3, -0.25) is 15.1 Å². The molecule has 0 aliphatic carbocycles. The van der Waals surface area contributed by atoms with Crippen LogP contribution in [0.2, 0.25) is 0 Å². The molecule has 7 heteroatoms. The van der Waals surface area contributed by atoms with Crippen molar-refractivity contribution < 1.29 is 4.79 Å². The van der Waals surface area contributed by atoms with Crippen LogP contribution in [0.25, 0.3) is 5.70 Å². The monoisotopic (exact) mass is 454 g/mol. The van der Waals surface area contributed by atoms with Crippen molar-refractivity contribution in [3.8, 4) is 0 Å². The highest BCUT2D eigenvalue weighted by Gasteiger charge is 2.34. The Labute approximate surface area is 176 Å². The summed E-state index contributed by atoms with van der Waals surface area (Å²) in [5.74, 6) is 0.489. The predicted molar refractivity (Wildman–Crippen MR) is 117 cm³/mol. The third-order valence-electron chi connectivity index (χ3n) is 4.59. The van der Waals surface area contributed by atoms with Crippen LogP contribution < -0.4 is 15.9 Å². The number of benzene rings is 2. The number of halogens is 1. The van der Waals surface area contributed by atoms with Gasteiger partial charge in [0.2, 0.25) is 0 Å². The minimum absolute atomic E-state index is 0.175. The molecule has 2 heterocycles. The number of hydrazone groups is 1. The molecule has 1 atom stereocenters. The molecule has 2 aliphatic heterocycles. The van der Waals surface area contributed by atoms with Crippen molar-refractivity contribution in [3.05, 3.63) is 81.3 Å². The Balaban J connectivity index is 1.89. The third-order valence-corrected chi connectivity index (χ3v) is 5.95. The van der Waals surface area contributed by atoms with Crippen molar-refractivity contribution in [1.82, 2.24) is 10.3 Å². The Morgan fingerprint density at radius 2 is 2.07 bits per heavy atom. The zero-order chi connectivity index (χ0) is 19.7. The molecule has 0 fully saturated rings. The first kappa shape index (κ1) is 19.0. The number of hydrogen-bond acceptors (Lipinski definition) is 5. The lowest BCUT2D eigenvalue weighted by molar-refractivity contribution is -0.116. The van der Waals surface area contributed by atoms with Crippen LogP contribution in [-0.4, -0.2) is 21.8 Å². The number of hydrogen-bond donors (Lipinski definition) is 1. The fourth-order valence-electron chi connectivity index (χ4n) is 3.20. The van der Waals surface area contributed by atoms with Gasteiger partial charge < -0.3 is 0 Å². The van der Waals surface area contributed by atoms with E-state index < -0.39 is 0 Å². The van der Waals surface area contributed by atoms with E-state index >= 15 is 0 Å². The van der Waals surface area contributed by atoms with Crippen LogP contribution >= 0.6 is 27.7 Å². The first-order chi connectivity index (χ1) is 13.6. The van der Waals surface area contributed by atoms with E-state index in [-0.39, 0.29) is 12.1 Å². The van der Waals surface area contributed by atoms with Crippen LogP contribution in [0.5, 0.6) is 0 Å². The maximum absolute atomic E-state index is 13.0. The second kappa shape index (κ2) is 7.93. The van der Waals surface area contributed by atoms with E-state index in [1.165, 1.54) is 17.3 Å². The summed E-state index contributed by atoms with van der Waals surface area (Å²) < 4.78 is 0.892. The molecule has 1 amide bonds. The standard InChI is InChI=1S/C21H19BrN4OS/c1-3-11-28-21-24-20(27)18-16-12-15(22)9-10-17(16)23-19(26(18)25-21)14-7-5-13(4-2)6-8-14/h3,5-10,12,19H,1,4,11H2,2H3,(H,24,25,27)/t19-/m1/s1. The molecule has 0 radical (unpaired) electrons. The maximum atomic E-state index is 13.0. The number of carbonyl (C=O) groups excluding carboxylic acids is 1. The molecular weight excluding hydrogens is 436 g/mol. The van der Waals surface area contributed by atoms with Crippen LogP contribution in [0.4, 0.5) is 0 Å². The third kappa shape index (κ3) is 3.52. The van der Waals surface area contributed by atoms with Gasteiger partial charge in [0.05, 0.1) is 5.36 Å². The number of rotatable bonds is 4. The molecule has 2 aliphatic rings. The van der Waals surface area contributed by atoms with Crippen LogP contribution in [0, 0.1) is 0 Å². The molecule has 0 bridgehead atoms. The lowest BCUT2D eigenvalue weighted by Crippen LogP contribution is -2.50. The Morgan fingerprint density at radius 3 is 2.79 bits per heavy atom. The van der Waals surface area contributed by atoms with E-state index in [0.717, 1.165) is 27.0 Å². The second-order valence-corrected chi connectivity index (χ2v) is 8.34. The van der Waals surface area contributed by atoms with Crippen molar-refractivity contribution in [1.29, 1.82) is 0 Å². The van der Waals surface area contributed by atoms with Crippen molar-refractivity contribution in [2.45, 2.75) is 19.5 Å². The largest absolute Gasteiger partial charge is 0.298 e. The fraction of sp³-hybridized carbons (Fsp3) is 0.190. The SMILES string of the molecule is C=CCSC1=NN2C(=c3cc(Br)ccc3=N[C@H]2c2ccc(CC)cc2)C(=O)N1. The van der Waals surface area contributed by atoms with Crippen LogP contribution in [0.1, 0.15) is 24.2 Å². The molecule has 0 aromatic heterocycles. The van der Waals surface area contributed by atoms with E-state index in [1.807, 2.05) is 18.2 Å². The van der Waals surface area contributed by atoms with Gasteiger partial charge in [-0.1, -0.05) is 65.0 Å². The summed E-state index contributed by atoms with van der Waals surface area (Å²) in [6.45, 7) is 5.86. The lowest BCUT2D eigenvalue weighted by atomic mass is 10.1. The Hall–Kier alpha value is -2.38. The number of amides is 1. The average molecular weight is 455 g/mol. The van der Waals surface area contributed by atoms with E-state index in [2.05, 4.69) is 59.0 Å². The number of aryl methyl sites for hydroxylation is 1. The molecule has 0 saturated heterocycles. The minimum atomic E-state index is -0.389. The molecule has 0 spiro atoms. The lowest BCUT2D eigenvalue weighted by Gasteiger charge is -2.34. The van der Waals surface area contributed by atoms with E-state index in [0.29, 0.717) is 16.6 Å². The molecule has 0 unspecified atom stereocenters. The molecule has 4 rings (SSSR count). The summed E-state index contributed by atoms with van der Waals surface area (Å²) in [5, 5.41) is 11.4. The number of nitrogens with one attached hydrogen (secondary N) is 1. The van der Waals surface area contributed by atoms with Crippen molar-refractivity contribution in [2.24, 2.45) is 10.1 Å². The zero-order valence-electron chi connectivity index (χ0n) is 15.4. The van der Waals surface area contributed by atoms with Gasteiger partial charge in [0.1, 0.15) is 5.70 Å². The molecule has 28 heavy (non-hydrogen) atoms. The van der Waals surface area contributed by atoms with Crippen molar-refractivity contribution in [2.75, 3.05) is 5.75 Å². The maximum Gasteiger partial charge on any atom is 0.276 e. The predicted octanol–water partition coefficient (Wildman–Crippen LogP) is 3.07. The van der Waals surface area contributed by atoms with Gasteiger partial charge in [-0.2, -0.15) is 0 Å². The number of amidine groups is 1. The van der Waals surface area contributed by atoms with Gasteiger partial charge in [-0.15, -0.1) is 11.7 Å². The van der Waals surface area contributed by atoms with Crippen molar-refractivity contribution in [3.63, 3.8) is 0 Å². The van der Waals surface area contributed by atoms with Gasteiger partial charge in [-0.25, -0.2) is 5.01 Å². The second-order valence-electron chi connectivity index (χ2n) is 6.41. The normalized spacial score (nSPS) is 17.9. The van der Waals surface area contributed by atoms with Crippen LogP contribution in [0.15, 0.2) is 69.7 Å². The topological polar surface area (TPSA) is 57.1 Å².